The van der Waals surface area contributed by atoms with E-state index in [4.69, 9.17) is 28.3 Å². The predicted molar refractivity (Wildman–Crippen MR) is 99.1 cm³/mol. The largest absolute Gasteiger partial charge is 0.481 e. The highest BCUT2D eigenvalue weighted by Gasteiger charge is 2.25. The van der Waals surface area contributed by atoms with E-state index in [0.29, 0.717) is 47.6 Å². The molecule has 0 amide bonds. The lowest BCUT2D eigenvalue weighted by molar-refractivity contribution is -0.142. The molecule has 0 radical (unpaired) electrons. The van der Waals surface area contributed by atoms with E-state index in [1.807, 2.05) is 13.0 Å². The second-order valence-electron chi connectivity index (χ2n) is 6.01. The standard InChI is InChI=1S/C17H18Cl2N4O2/c1-10-9-14(23-7-5-11(6-8-23)16(24)25)21-17(20-10)22-15-12(18)3-2-4-13(15)19/h2-4,9,11H,5-8H2,1H3,(H,24,25)(H,20,21,22). The Labute approximate surface area is 155 Å². The van der Waals surface area contributed by atoms with Crippen molar-refractivity contribution in [1.82, 2.24) is 9.97 Å². The van der Waals surface area contributed by atoms with Crippen molar-refractivity contribution >= 4 is 46.6 Å². The molecule has 0 bridgehead atoms. The molecule has 3 rings (SSSR count). The summed E-state index contributed by atoms with van der Waals surface area (Å²) in [5.41, 5.74) is 1.36. The number of nitrogens with one attached hydrogen (secondary N) is 1. The lowest BCUT2D eigenvalue weighted by atomic mass is 9.97. The number of hydrogen-bond acceptors (Lipinski definition) is 5. The molecule has 2 N–H and O–H groups in total. The summed E-state index contributed by atoms with van der Waals surface area (Å²) in [7, 11) is 0. The fraction of sp³-hybridized carbons (Fsp3) is 0.353. The van der Waals surface area contributed by atoms with Crippen molar-refractivity contribution in [2.24, 2.45) is 5.92 Å². The van der Waals surface area contributed by atoms with Gasteiger partial charge in [0.25, 0.3) is 0 Å². The van der Waals surface area contributed by atoms with Gasteiger partial charge in [0, 0.05) is 24.8 Å². The number of para-hydroxylation sites is 1. The summed E-state index contributed by atoms with van der Waals surface area (Å²) in [5.74, 6) is 0.167. The first-order chi connectivity index (χ1) is 11.9. The van der Waals surface area contributed by atoms with E-state index < -0.39 is 5.97 Å². The molecule has 1 aliphatic rings. The van der Waals surface area contributed by atoms with E-state index >= 15 is 0 Å². The molecule has 0 saturated carbocycles. The summed E-state index contributed by atoms with van der Waals surface area (Å²) in [4.78, 5) is 22.1. The molecular weight excluding hydrogens is 363 g/mol. The number of benzene rings is 1. The fourth-order valence-corrected chi connectivity index (χ4v) is 3.35. The van der Waals surface area contributed by atoms with Crippen molar-refractivity contribution in [3.8, 4) is 0 Å². The van der Waals surface area contributed by atoms with Crippen LogP contribution in [0.1, 0.15) is 18.5 Å². The van der Waals surface area contributed by atoms with Gasteiger partial charge in [-0.2, -0.15) is 4.98 Å². The number of rotatable bonds is 4. The lowest BCUT2D eigenvalue weighted by Gasteiger charge is -2.31. The van der Waals surface area contributed by atoms with Gasteiger partial charge in [0.05, 0.1) is 21.7 Å². The number of aromatic nitrogens is 2. The number of aryl methyl sites for hydroxylation is 1. The Kier molecular flexibility index (Phi) is 5.30. The third kappa shape index (κ3) is 4.14. The van der Waals surface area contributed by atoms with E-state index in [2.05, 4.69) is 20.2 Å². The highest BCUT2D eigenvalue weighted by molar-refractivity contribution is 6.39. The van der Waals surface area contributed by atoms with Crippen LogP contribution in [0.2, 0.25) is 10.0 Å². The zero-order valence-electron chi connectivity index (χ0n) is 13.7. The highest BCUT2D eigenvalue weighted by Crippen LogP contribution is 2.32. The summed E-state index contributed by atoms with van der Waals surface area (Å²) >= 11 is 12.4. The van der Waals surface area contributed by atoms with Gasteiger partial charge < -0.3 is 15.3 Å². The zero-order valence-corrected chi connectivity index (χ0v) is 15.2. The Morgan fingerprint density at radius 1 is 1.24 bits per heavy atom. The van der Waals surface area contributed by atoms with Crippen molar-refractivity contribution in [2.75, 3.05) is 23.3 Å². The topological polar surface area (TPSA) is 78.4 Å². The molecule has 8 heteroatoms. The maximum Gasteiger partial charge on any atom is 0.306 e. The third-order valence-corrected chi connectivity index (χ3v) is 4.84. The molecule has 1 aromatic heterocycles. The number of carbonyl (C=O) groups is 1. The Bertz CT molecular complexity index is 772. The van der Waals surface area contributed by atoms with Crippen LogP contribution in [0.25, 0.3) is 0 Å². The van der Waals surface area contributed by atoms with Crippen molar-refractivity contribution in [2.45, 2.75) is 19.8 Å². The van der Waals surface area contributed by atoms with E-state index in [1.165, 1.54) is 0 Å². The Morgan fingerprint density at radius 2 is 1.88 bits per heavy atom. The number of hydrogen-bond donors (Lipinski definition) is 2. The first-order valence-corrected chi connectivity index (χ1v) is 8.74. The minimum atomic E-state index is -0.728. The van der Waals surface area contributed by atoms with Crippen LogP contribution in [0.3, 0.4) is 0 Å². The number of carboxylic acids is 1. The van der Waals surface area contributed by atoms with Crippen LogP contribution in [0.15, 0.2) is 24.3 Å². The molecule has 1 saturated heterocycles. The molecule has 132 valence electrons. The molecule has 0 spiro atoms. The number of anilines is 3. The molecule has 25 heavy (non-hydrogen) atoms. The fourth-order valence-electron chi connectivity index (χ4n) is 2.85. The molecule has 0 atom stereocenters. The SMILES string of the molecule is Cc1cc(N2CCC(C(=O)O)CC2)nc(Nc2c(Cl)cccc2Cl)n1. The van der Waals surface area contributed by atoms with Gasteiger partial charge >= 0.3 is 5.97 Å². The van der Waals surface area contributed by atoms with Gasteiger partial charge in [0.1, 0.15) is 5.82 Å². The Balaban J connectivity index is 1.81. The van der Waals surface area contributed by atoms with Crippen LogP contribution >= 0.6 is 23.2 Å². The number of aliphatic carboxylic acids is 1. The molecule has 2 heterocycles. The van der Waals surface area contributed by atoms with E-state index in [9.17, 15) is 4.79 Å². The van der Waals surface area contributed by atoms with Gasteiger partial charge in [-0.25, -0.2) is 4.98 Å². The van der Waals surface area contributed by atoms with Gasteiger partial charge in [-0.3, -0.25) is 4.79 Å². The van der Waals surface area contributed by atoms with Crippen molar-refractivity contribution in [3.63, 3.8) is 0 Å². The monoisotopic (exact) mass is 380 g/mol. The molecule has 2 aromatic rings. The van der Waals surface area contributed by atoms with Gasteiger partial charge in [-0.05, 0) is 31.9 Å². The highest BCUT2D eigenvalue weighted by atomic mass is 35.5. The molecule has 0 aliphatic carbocycles. The Hall–Kier alpha value is -2.05. The minimum absolute atomic E-state index is 0.279. The number of carboxylic acid groups (broad SMARTS) is 1. The first-order valence-electron chi connectivity index (χ1n) is 7.98. The van der Waals surface area contributed by atoms with Crippen LogP contribution in [-0.4, -0.2) is 34.1 Å². The smallest absolute Gasteiger partial charge is 0.306 e. The van der Waals surface area contributed by atoms with Crippen molar-refractivity contribution < 1.29 is 9.90 Å². The summed E-state index contributed by atoms with van der Waals surface area (Å²) < 4.78 is 0. The second kappa shape index (κ2) is 7.45. The molecule has 1 aliphatic heterocycles. The van der Waals surface area contributed by atoms with E-state index in [-0.39, 0.29) is 5.92 Å². The average Bonchev–Trinajstić information content (AvgIpc) is 2.58. The minimum Gasteiger partial charge on any atom is -0.481 e. The van der Waals surface area contributed by atoms with E-state index in [0.717, 1.165) is 11.5 Å². The maximum atomic E-state index is 11.1. The number of nitrogens with zero attached hydrogens (tertiary/aromatic N) is 3. The normalized spacial score (nSPS) is 15.2. The molecule has 1 fully saturated rings. The van der Waals surface area contributed by atoms with Crippen LogP contribution in [0, 0.1) is 12.8 Å². The molecular formula is C17H18Cl2N4O2. The number of piperidine rings is 1. The summed E-state index contributed by atoms with van der Waals surface area (Å²) in [6.07, 6.45) is 1.22. The van der Waals surface area contributed by atoms with Gasteiger partial charge in [0.2, 0.25) is 5.95 Å². The van der Waals surface area contributed by atoms with Crippen LogP contribution in [0.5, 0.6) is 0 Å². The summed E-state index contributed by atoms with van der Waals surface area (Å²) in [6.45, 7) is 3.19. The van der Waals surface area contributed by atoms with Gasteiger partial charge in [-0.15, -0.1) is 0 Å². The quantitative estimate of drug-likeness (QED) is 0.829. The van der Waals surface area contributed by atoms with Gasteiger partial charge in [-0.1, -0.05) is 29.3 Å². The van der Waals surface area contributed by atoms with Gasteiger partial charge in [0.15, 0.2) is 0 Å². The van der Waals surface area contributed by atoms with Crippen LogP contribution < -0.4 is 10.2 Å². The predicted octanol–water partition coefficient (Wildman–Crippen LogP) is 4.14. The van der Waals surface area contributed by atoms with Crippen LogP contribution in [0.4, 0.5) is 17.5 Å². The van der Waals surface area contributed by atoms with Crippen LogP contribution in [-0.2, 0) is 4.79 Å². The van der Waals surface area contributed by atoms with Crippen molar-refractivity contribution in [1.29, 1.82) is 0 Å². The summed E-state index contributed by atoms with van der Waals surface area (Å²) in [5, 5.41) is 13.2. The average molecular weight is 381 g/mol. The van der Waals surface area contributed by atoms with E-state index in [1.54, 1.807) is 18.2 Å². The molecule has 1 aromatic carbocycles. The second-order valence-corrected chi connectivity index (χ2v) is 6.83. The summed E-state index contributed by atoms with van der Waals surface area (Å²) in [6, 6.07) is 7.14. The third-order valence-electron chi connectivity index (χ3n) is 4.21. The van der Waals surface area contributed by atoms with Crippen molar-refractivity contribution in [3.05, 3.63) is 40.0 Å². The Morgan fingerprint density at radius 3 is 2.48 bits per heavy atom. The molecule has 6 nitrogen and oxygen atoms in total. The number of halogens is 2. The first kappa shape index (κ1) is 17.8. The lowest BCUT2D eigenvalue weighted by Crippen LogP contribution is -2.36. The maximum absolute atomic E-state index is 11.1. The molecule has 0 unspecified atom stereocenters. The zero-order chi connectivity index (χ0) is 18.0.